The van der Waals surface area contributed by atoms with Crippen LogP contribution in [0.3, 0.4) is 0 Å². The van der Waals surface area contributed by atoms with Crippen LogP contribution in [0.5, 0.6) is 0 Å². The van der Waals surface area contributed by atoms with Crippen molar-refractivity contribution in [3.8, 4) is 0 Å². The predicted molar refractivity (Wildman–Crippen MR) is 130 cm³/mol. The van der Waals surface area contributed by atoms with Gasteiger partial charge in [-0.05, 0) is 30.7 Å². The Morgan fingerprint density at radius 2 is 1.97 bits per heavy atom. The molecule has 10 heteroatoms. The minimum atomic E-state index is -0.630. The molecule has 5 rings (SSSR count). The quantitative estimate of drug-likeness (QED) is 0.568. The largest absolute Gasteiger partial charge is 0.379 e. The third kappa shape index (κ3) is 4.46. The molecule has 2 aromatic rings. The van der Waals surface area contributed by atoms with Gasteiger partial charge in [0.05, 0.1) is 35.7 Å². The van der Waals surface area contributed by atoms with Gasteiger partial charge in [0.25, 0.3) is 11.8 Å². The number of rotatable bonds is 5. The average molecular weight is 482 g/mol. The van der Waals surface area contributed by atoms with Crippen LogP contribution in [0.25, 0.3) is 11.6 Å². The summed E-state index contributed by atoms with van der Waals surface area (Å²) in [6.45, 7) is 8.46. The van der Waals surface area contributed by atoms with Gasteiger partial charge in [-0.2, -0.15) is 0 Å². The number of ether oxygens (including phenoxy) is 1. The summed E-state index contributed by atoms with van der Waals surface area (Å²) in [6.07, 6.45) is 2.36. The number of hydrogen-bond donors (Lipinski definition) is 3. The lowest BCUT2D eigenvalue weighted by molar-refractivity contribution is -0.114. The lowest BCUT2D eigenvalue weighted by atomic mass is 10.0. The maximum atomic E-state index is 14.6. The van der Waals surface area contributed by atoms with E-state index in [9.17, 15) is 18.8 Å². The number of halogens is 1. The van der Waals surface area contributed by atoms with E-state index in [0.717, 1.165) is 44.1 Å². The van der Waals surface area contributed by atoms with E-state index >= 15 is 0 Å². The second kappa shape index (κ2) is 9.27. The van der Waals surface area contributed by atoms with Crippen LogP contribution in [-0.2, 0) is 20.7 Å². The van der Waals surface area contributed by atoms with Crippen LogP contribution >= 0.6 is 0 Å². The molecule has 1 saturated heterocycles. The van der Waals surface area contributed by atoms with E-state index in [0.29, 0.717) is 47.6 Å². The van der Waals surface area contributed by atoms with Gasteiger partial charge < -0.3 is 25.3 Å². The number of carbonyl (C=O) groups excluding carboxylic acids is 3. The molecule has 3 amide bonds. The number of amides is 3. The Balaban J connectivity index is 1.39. The van der Waals surface area contributed by atoms with E-state index in [1.807, 2.05) is 11.8 Å². The molecule has 3 aliphatic rings. The molecule has 0 bridgehead atoms. The van der Waals surface area contributed by atoms with Gasteiger partial charge in [-0.1, -0.05) is 0 Å². The van der Waals surface area contributed by atoms with Crippen molar-refractivity contribution in [3.05, 3.63) is 46.0 Å². The molecular formula is C25H28FN5O4. The first-order valence-electron chi connectivity index (χ1n) is 11.8. The van der Waals surface area contributed by atoms with Crippen molar-refractivity contribution in [3.63, 3.8) is 0 Å². The Morgan fingerprint density at radius 3 is 2.71 bits per heavy atom. The van der Waals surface area contributed by atoms with Crippen LogP contribution < -0.4 is 10.6 Å². The number of aromatic amines is 1. The predicted octanol–water partition coefficient (Wildman–Crippen LogP) is 2.24. The number of anilines is 2. The Labute approximate surface area is 202 Å². The Bertz CT molecular complexity index is 1240. The van der Waals surface area contributed by atoms with E-state index < -0.39 is 11.7 Å². The van der Waals surface area contributed by atoms with Crippen LogP contribution in [0.1, 0.15) is 39.8 Å². The monoisotopic (exact) mass is 481 g/mol. The average Bonchev–Trinajstić information content (AvgIpc) is 3.30. The lowest BCUT2D eigenvalue weighted by Gasteiger charge is -2.32. The van der Waals surface area contributed by atoms with Crippen LogP contribution in [-0.4, -0.2) is 78.4 Å². The number of nitrogens with zero attached hydrogens (tertiary/aromatic N) is 2. The van der Waals surface area contributed by atoms with Gasteiger partial charge in [0.15, 0.2) is 0 Å². The number of hydrogen-bond acceptors (Lipinski definition) is 5. The van der Waals surface area contributed by atoms with Crippen molar-refractivity contribution in [1.82, 2.24) is 14.8 Å². The van der Waals surface area contributed by atoms with Crippen molar-refractivity contribution < 1.29 is 23.5 Å². The number of H-pyrrole nitrogens is 1. The number of carbonyl (C=O) groups is 3. The van der Waals surface area contributed by atoms with Crippen molar-refractivity contribution in [2.75, 3.05) is 56.6 Å². The fourth-order valence-electron chi connectivity index (χ4n) is 4.89. The van der Waals surface area contributed by atoms with Gasteiger partial charge in [-0.25, -0.2) is 4.39 Å². The first-order valence-corrected chi connectivity index (χ1v) is 11.8. The van der Waals surface area contributed by atoms with Gasteiger partial charge in [0, 0.05) is 63.0 Å². The third-order valence-electron chi connectivity index (χ3n) is 6.78. The molecule has 3 N–H and O–H groups in total. The number of nitrogens with one attached hydrogen (secondary N) is 3. The third-order valence-corrected chi connectivity index (χ3v) is 6.78. The summed E-state index contributed by atoms with van der Waals surface area (Å²) in [7, 11) is 0. The molecule has 0 spiro atoms. The van der Waals surface area contributed by atoms with E-state index in [2.05, 4.69) is 20.5 Å². The molecule has 184 valence electrons. The van der Waals surface area contributed by atoms with Gasteiger partial charge in [0.1, 0.15) is 5.82 Å². The Morgan fingerprint density at radius 1 is 1.20 bits per heavy atom. The van der Waals surface area contributed by atoms with Gasteiger partial charge in [-0.3, -0.25) is 19.3 Å². The molecule has 35 heavy (non-hydrogen) atoms. The van der Waals surface area contributed by atoms with Crippen LogP contribution in [0, 0.1) is 12.7 Å². The molecule has 0 radical (unpaired) electrons. The molecule has 4 heterocycles. The second-order valence-corrected chi connectivity index (χ2v) is 9.08. The summed E-state index contributed by atoms with van der Waals surface area (Å²) >= 11 is 0. The topological polar surface area (TPSA) is 107 Å². The molecule has 0 unspecified atom stereocenters. The van der Waals surface area contributed by atoms with Gasteiger partial charge in [0.2, 0.25) is 5.91 Å². The highest BCUT2D eigenvalue weighted by Crippen LogP contribution is 2.37. The first kappa shape index (κ1) is 23.3. The van der Waals surface area contributed by atoms with E-state index in [1.54, 1.807) is 6.08 Å². The fourth-order valence-corrected chi connectivity index (χ4v) is 4.89. The van der Waals surface area contributed by atoms with E-state index in [4.69, 9.17) is 4.74 Å². The molecule has 3 aliphatic heterocycles. The number of fused-ring (bicyclic) bond motifs is 2. The smallest absolute Gasteiger partial charge is 0.256 e. The molecule has 9 nitrogen and oxygen atoms in total. The summed E-state index contributed by atoms with van der Waals surface area (Å²) < 4.78 is 20.0. The Hall–Kier alpha value is -3.50. The molecule has 1 fully saturated rings. The lowest BCUT2D eigenvalue weighted by Crippen LogP contribution is -2.45. The summed E-state index contributed by atoms with van der Waals surface area (Å²) in [5, 5.41) is 5.15. The summed E-state index contributed by atoms with van der Waals surface area (Å²) in [4.78, 5) is 44.8. The Kier molecular flexibility index (Phi) is 6.16. The standard InChI is InChI=1S/C25H28FN5O4/c1-14-20(12-17-16-11-18(26)22(27-15(2)32)13-21(16)29-24(17)33)28-19-3-4-31(25(34)23(14)19)6-5-30-7-9-35-10-8-30/h11-13,28H,3-10H2,1-2H3,(H,27,32)(H,29,33)/b17-12+. The van der Waals surface area contributed by atoms with E-state index in [1.165, 1.54) is 19.1 Å². The highest BCUT2D eigenvalue weighted by Gasteiger charge is 2.31. The molecule has 1 aromatic carbocycles. The fraction of sp³-hybridized carbons (Fsp3) is 0.400. The summed E-state index contributed by atoms with van der Waals surface area (Å²) in [6, 6.07) is 2.65. The molecule has 1 aromatic heterocycles. The number of aromatic nitrogens is 1. The highest BCUT2D eigenvalue weighted by molar-refractivity contribution is 6.35. The van der Waals surface area contributed by atoms with E-state index in [-0.39, 0.29) is 17.5 Å². The molecule has 0 aliphatic carbocycles. The summed E-state index contributed by atoms with van der Waals surface area (Å²) in [5.74, 6) is -1.42. The minimum absolute atomic E-state index is 0.00656. The van der Waals surface area contributed by atoms with Crippen molar-refractivity contribution >= 4 is 40.7 Å². The zero-order valence-corrected chi connectivity index (χ0v) is 19.8. The first-order chi connectivity index (χ1) is 16.8. The van der Waals surface area contributed by atoms with Crippen molar-refractivity contribution in [2.45, 2.75) is 20.3 Å². The van der Waals surface area contributed by atoms with Crippen LogP contribution in [0.4, 0.5) is 15.8 Å². The maximum Gasteiger partial charge on any atom is 0.256 e. The van der Waals surface area contributed by atoms with Crippen LogP contribution in [0.15, 0.2) is 12.1 Å². The maximum absolute atomic E-state index is 14.6. The highest BCUT2D eigenvalue weighted by atomic mass is 19.1. The van der Waals surface area contributed by atoms with Crippen LogP contribution in [0.2, 0.25) is 0 Å². The zero-order chi connectivity index (χ0) is 24.7. The molecule has 0 atom stereocenters. The molecular weight excluding hydrogens is 453 g/mol. The second-order valence-electron chi connectivity index (χ2n) is 9.08. The normalized spacial score (nSPS) is 19.1. The summed E-state index contributed by atoms with van der Waals surface area (Å²) in [5.41, 5.74) is 4.06. The van der Waals surface area contributed by atoms with Crippen molar-refractivity contribution in [2.24, 2.45) is 0 Å². The van der Waals surface area contributed by atoms with Gasteiger partial charge in [-0.15, -0.1) is 0 Å². The number of benzene rings is 1. The number of morpholine rings is 1. The molecule has 0 saturated carbocycles. The van der Waals surface area contributed by atoms with Crippen molar-refractivity contribution in [1.29, 1.82) is 0 Å². The SMILES string of the molecule is CC(=O)Nc1cc2c(cc1F)/C(=C\c1[nH]c3c(c1C)C(=O)N(CCN1CCOCC1)CC3)C(=O)N2. The minimum Gasteiger partial charge on any atom is -0.379 e. The zero-order valence-electron chi connectivity index (χ0n) is 19.8. The van der Waals surface area contributed by atoms with Gasteiger partial charge >= 0.3 is 0 Å².